The van der Waals surface area contributed by atoms with E-state index in [1.54, 1.807) is 11.3 Å². The van der Waals surface area contributed by atoms with Crippen molar-refractivity contribution in [2.75, 3.05) is 6.54 Å². The van der Waals surface area contributed by atoms with E-state index in [0.29, 0.717) is 19.5 Å². The van der Waals surface area contributed by atoms with Gasteiger partial charge < -0.3 is 11.1 Å². The van der Waals surface area contributed by atoms with Gasteiger partial charge in [-0.1, -0.05) is 6.42 Å². The van der Waals surface area contributed by atoms with Gasteiger partial charge in [-0.3, -0.25) is 4.79 Å². The zero-order valence-electron chi connectivity index (χ0n) is 9.17. The fraction of sp³-hybridized carbons (Fsp3) is 0.545. The molecule has 0 atom stereocenters. The fourth-order valence-corrected chi connectivity index (χ4v) is 2.72. The molecule has 0 aliphatic carbocycles. The van der Waals surface area contributed by atoms with Crippen LogP contribution in [-0.4, -0.2) is 12.5 Å². The molecule has 0 aliphatic heterocycles. The summed E-state index contributed by atoms with van der Waals surface area (Å²) in [6.45, 7) is 1.34. The molecule has 1 aromatic rings. The Bertz CT molecular complexity index is 328. The highest BCUT2D eigenvalue weighted by molar-refractivity contribution is 9.10. The van der Waals surface area contributed by atoms with Gasteiger partial charge >= 0.3 is 0 Å². The van der Waals surface area contributed by atoms with Crippen molar-refractivity contribution in [3.8, 4) is 0 Å². The van der Waals surface area contributed by atoms with Gasteiger partial charge in [0.05, 0.1) is 6.54 Å². The number of carbonyl (C=O) groups excluding carboxylic acids is 1. The second-order valence-electron chi connectivity index (χ2n) is 3.61. The summed E-state index contributed by atoms with van der Waals surface area (Å²) in [7, 11) is 0. The number of amides is 1. The average molecular weight is 305 g/mol. The van der Waals surface area contributed by atoms with Gasteiger partial charge in [0.2, 0.25) is 5.91 Å². The molecule has 1 rings (SSSR count). The lowest BCUT2D eigenvalue weighted by Crippen LogP contribution is -2.21. The topological polar surface area (TPSA) is 55.1 Å². The first kappa shape index (κ1) is 13.7. The summed E-state index contributed by atoms with van der Waals surface area (Å²) in [5.74, 6) is 0.126. The Kier molecular flexibility index (Phi) is 6.68. The van der Waals surface area contributed by atoms with Crippen molar-refractivity contribution in [1.29, 1.82) is 0 Å². The SMILES string of the molecule is NCCCCCC(=O)NCc1cc(Br)cs1. The second kappa shape index (κ2) is 7.81. The molecular formula is C11H17BrN2OS. The lowest BCUT2D eigenvalue weighted by atomic mass is 10.2. The molecule has 1 aromatic heterocycles. The number of nitrogens with one attached hydrogen (secondary N) is 1. The van der Waals surface area contributed by atoms with Gasteiger partial charge in [0, 0.05) is 21.2 Å². The molecule has 90 valence electrons. The fourth-order valence-electron chi connectivity index (χ4n) is 1.33. The Morgan fingerprint density at radius 3 is 2.88 bits per heavy atom. The number of thiophene rings is 1. The van der Waals surface area contributed by atoms with E-state index in [1.165, 1.54) is 4.88 Å². The van der Waals surface area contributed by atoms with Gasteiger partial charge in [-0.2, -0.15) is 0 Å². The first-order valence-corrected chi connectivity index (χ1v) is 7.09. The van der Waals surface area contributed by atoms with Crippen LogP contribution >= 0.6 is 27.3 Å². The van der Waals surface area contributed by atoms with E-state index in [0.717, 1.165) is 23.7 Å². The molecule has 0 saturated carbocycles. The summed E-state index contributed by atoms with van der Waals surface area (Å²) < 4.78 is 1.07. The number of hydrogen-bond donors (Lipinski definition) is 2. The maximum Gasteiger partial charge on any atom is 0.220 e. The first-order chi connectivity index (χ1) is 7.72. The van der Waals surface area contributed by atoms with E-state index in [1.807, 2.05) is 11.4 Å². The first-order valence-electron chi connectivity index (χ1n) is 5.42. The van der Waals surface area contributed by atoms with Crippen LogP contribution < -0.4 is 11.1 Å². The van der Waals surface area contributed by atoms with Crippen LogP contribution in [0.15, 0.2) is 15.9 Å². The molecule has 1 heterocycles. The zero-order chi connectivity index (χ0) is 11.8. The third kappa shape index (κ3) is 5.63. The van der Waals surface area contributed by atoms with Crippen molar-refractivity contribution in [3.63, 3.8) is 0 Å². The normalized spacial score (nSPS) is 10.4. The van der Waals surface area contributed by atoms with Crippen LogP contribution in [0.5, 0.6) is 0 Å². The van der Waals surface area contributed by atoms with E-state index >= 15 is 0 Å². The molecule has 0 fully saturated rings. The molecule has 5 heteroatoms. The maximum absolute atomic E-state index is 11.4. The van der Waals surface area contributed by atoms with Crippen LogP contribution in [0.3, 0.4) is 0 Å². The van der Waals surface area contributed by atoms with Crippen LogP contribution in [0.4, 0.5) is 0 Å². The molecular weight excluding hydrogens is 288 g/mol. The molecule has 0 unspecified atom stereocenters. The molecule has 1 amide bonds. The van der Waals surface area contributed by atoms with E-state index in [9.17, 15) is 4.79 Å². The molecule has 0 saturated heterocycles. The second-order valence-corrected chi connectivity index (χ2v) is 5.52. The van der Waals surface area contributed by atoms with Crippen molar-refractivity contribution >= 4 is 33.2 Å². The largest absolute Gasteiger partial charge is 0.351 e. The van der Waals surface area contributed by atoms with E-state index in [4.69, 9.17) is 5.73 Å². The number of halogens is 1. The van der Waals surface area contributed by atoms with Gasteiger partial charge in [0.1, 0.15) is 0 Å². The molecule has 16 heavy (non-hydrogen) atoms. The highest BCUT2D eigenvalue weighted by Crippen LogP contribution is 2.19. The number of carbonyl (C=O) groups is 1. The number of nitrogens with two attached hydrogens (primary N) is 1. The molecule has 0 aliphatic rings. The van der Waals surface area contributed by atoms with Crippen LogP contribution in [0.1, 0.15) is 30.6 Å². The molecule has 0 spiro atoms. The highest BCUT2D eigenvalue weighted by atomic mass is 79.9. The van der Waals surface area contributed by atoms with Crippen LogP contribution in [0.2, 0.25) is 0 Å². The predicted molar refractivity (Wildman–Crippen MR) is 71.4 cm³/mol. The molecule has 0 radical (unpaired) electrons. The Morgan fingerprint density at radius 1 is 1.44 bits per heavy atom. The molecule has 3 N–H and O–H groups in total. The summed E-state index contributed by atoms with van der Waals surface area (Å²) in [4.78, 5) is 12.6. The highest BCUT2D eigenvalue weighted by Gasteiger charge is 2.02. The Labute approximate surface area is 109 Å². The summed E-state index contributed by atoms with van der Waals surface area (Å²) in [5.41, 5.74) is 5.38. The minimum atomic E-state index is 0.126. The lowest BCUT2D eigenvalue weighted by molar-refractivity contribution is -0.121. The van der Waals surface area contributed by atoms with E-state index < -0.39 is 0 Å². The van der Waals surface area contributed by atoms with Gasteiger partial charge in [-0.05, 0) is 41.4 Å². The zero-order valence-corrected chi connectivity index (χ0v) is 11.6. The summed E-state index contributed by atoms with van der Waals surface area (Å²) in [5, 5.41) is 4.93. The van der Waals surface area contributed by atoms with Gasteiger partial charge in [-0.25, -0.2) is 0 Å². The summed E-state index contributed by atoms with van der Waals surface area (Å²) in [6.07, 6.45) is 3.57. The van der Waals surface area contributed by atoms with Gasteiger partial charge in [0.25, 0.3) is 0 Å². The van der Waals surface area contributed by atoms with Crippen molar-refractivity contribution in [1.82, 2.24) is 5.32 Å². The van der Waals surface area contributed by atoms with Crippen LogP contribution in [-0.2, 0) is 11.3 Å². The maximum atomic E-state index is 11.4. The number of rotatable bonds is 7. The van der Waals surface area contributed by atoms with Crippen LogP contribution in [0, 0.1) is 0 Å². The summed E-state index contributed by atoms with van der Waals surface area (Å²) >= 11 is 5.03. The van der Waals surface area contributed by atoms with E-state index in [2.05, 4.69) is 21.2 Å². The Morgan fingerprint density at radius 2 is 2.25 bits per heavy atom. The monoisotopic (exact) mass is 304 g/mol. The Balaban J connectivity index is 2.10. The van der Waals surface area contributed by atoms with Crippen molar-refractivity contribution in [2.24, 2.45) is 5.73 Å². The quantitative estimate of drug-likeness (QED) is 0.761. The number of unbranched alkanes of at least 4 members (excludes halogenated alkanes) is 2. The Hall–Kier alpha value is -0.390. The third-order valence-electron chi connectivity index (χ3n) is 2.19. The lowest BCUT2D eigenvalue weighted by Gasteiger charge is -2.03. The standard InChI is InChI=1S/C11H17BrN2OS/c12-9-6-10(16-8-9)7-14-11(15)4-2-1-3-5-13/h6,8H,1-5,7,13H2,(H,14,15). The minimum Gasteiger partial charge on any atom is -0.351 e. The summed E-state index contributed by atoms with van der Waals surface area (Å²) in [6, 6.07) is 2.03. The minimum absolute atomic E-state index is 0.126. The van der Waals surface area contributed by atoms with Gasteiger partial charge in [-0.15, -0.1) is 11.3 Å². The van der Waals surface area contributed by atoms with Crippen LogP contribution in [0.25, 0.3) is 0 Å². The molecule has 0 bridgehead atoms. The third-order valence-corrected chi connectivity index (χ3v) is 3.89. The average Bonchev–Trinajstić information content (AvgIpc) is 2.68. The van der Waals surface area contributed by atoms with Crippen molar-refractivity contribution in [2.45, 2.75) is 32.2 Å². The van der Waals surface area contributed by atoms with Gasteiger partial charge in [0.15, 0.2) is 0 Å². The van der Waals surface area contributed by atoms with Crippen molar-refractivity contribution < 1.29 is 4.79 Å². The van der Waals surface area contributed by atoms with Crippen molar-refractivity contribution in [3.05, 3.63) is 20.8 Å². The number of hydrogen-bond acceptors (Lipinski definition) is 3. The molecule has 3 nitrogen and oxygen atoms in total. The smallest absolute Gasteiger partial charge is 0.220 e. The predicted octanol–water partition coefficient (Wildman–Crippen LogP) is 2.65. The molecule has 0 aromatic carbocycles. The van der Waals surface area contributed by atoms with E-state index in [-0.39, 0.29) is 5.91 Å².